The molecule has 2 aliphatic rings. The third-order valence-corrected chi connectivity index (χ3v) is 4.82. The predicted molar refractivity (Wildman–Crippen MR) is 85.2 cm³/mol. The minimum absolute atomic E-state index is 0.180. The van der Waals surface area contributed by atoms with Gasteiger partial charge in [-0.1, -0.05) is 0 Å². The van der Waals surface area contributed by atoms with Crippen molar-refractivity contribution in [1.82, 2.24) is 14.7 Å². The Hall–Kier alpha value is -2.04. The first-order valence-electron chi connectivity index (χ1n) is 7.88. The van der Waals surface area contributed by atoms with Crippen molar-refractivity contribution in [3.63, 3.8) is 0 Å². The van der Waals surface area contributed by atoms with E-state index in [9.17, 15) is 27.6 Å². The molecule has 11 heteroatoms. The second-order valence-corrected chi connectivity index (χ2v) is 6.91. The molecule has 0 spiro atoms. The molecule has 3 rings (SSSR count). The van der Waals surface area contributed by atoms with Gasteiger partial charge in [0.15, 0.2) is 10.4 Å². The molecule has 7 nitrogen and oxygen atoms in total. The van der Waals surface area contributed by atoms with Gasteiger partial charge < -0.3 is 14.2 Å². The standard InChI is InChI=1S/C15H15BrF3N3O4/c16-11-2-1-10(26-11)13(24)20-5-3-9(4-6-20)21-7-12(23)22(14(21)25)8-15(17,18)19/h1-2,9H,3-8H2. The molecule has 2 saturated heterocycles. The third kappa shape index (κ3) is 3.87. The van der Waals surface area contributed by atoms with E-state index in [-0.39, 0.29) is 29.2 Å². The number of furan rings is 1. The number of piperidine rings is 1. The Morgan fingerprint density at radius 3 is 2.42 bits per heavy atom. The van der Waals surface area contributed by atoms with E-state index in [1.165, 1.54) is 11.0 Å². The predicted octanol–water partition coefficient (Wildman–Crippen LogP) is 2.47. The quantitative estimate of drug-likeness (QED) is 0.680. The third-order valence-electron chi connectivity index (χ3n) is 4.40. The highest BCUT2D eigenvalue weighted by molar-refractivity contribution is 9.10. The van der Waals surface area contributed by atoms with E-state index in [1.807, 2.05) is 0 Å². The van der Waals surface area contributed by atoms with E-state index < -0.39 is 24.7 Å². The van der Waals surface area contributed by atoms with E-state index in [1.54, 1.807) is 11.0 Å². The van der Waals surface area contributed by atoms with Gasteiger partial charge in [0.2, 0.25) is 0 Å². The van der Waals surface area contributed by atoms with Crippen molar-refractivity contribution >= 4 is 33.8 Å². The van der Waals surface area contributed by atoms with Crippen molar-refractivity contribution < 1.29 is 32.0 Å². The lowest BCUT2D eigenvalue weighted by Crippen LogP contribution is -2.48. The van der Waals surface area contributed by atoms with Gasteiger partial charge in [-0.25, -0.2) is 4.79 Å². The molecule has 1 aromatic rings. The number of hydrogen-bond donors (Lipinski definition) is 0. The number of hydrogen-bond acceptors (Lipinski definition) is 4. The average Bonchev–Trinajstić information content (AvgIpc) is 3.12. The first-order valence-corrected chi connectivity index (χ1v) is 8.67. The molecule has 0 atom stereocenters. The monoisotopic (exact) mass is 437 g/mol. The van der Waals surface area contributed by atoms with E-state index in [0.29, 0.717) is 30.6 Å². The Labute approximate surface area is 154 Å². The van der Waals surface area contributed by atoms with Crippen molar-refractivity contribution in [2.75, 3.05) is 26.2 Å². The van der Waals surface area contributed by atoms with Gasteiger partial charge in [-0.3, -0.25) is 14.5 Å². The highest BCUT2D eigenvalue weighted by atomic mass is 79.9. The van der Waals surface area contributed by atoms with Gasteiger partial charge >= 0.3 is 12.2 Å². The number of carbonyl (C=O) groups is 3. The molecular weight excluding hydrogens is 423 g/mol. The van der Waals surface area contributed by atoms with E-state index in [0.717, 1.165) is 0 Å². The number of alkyl halides is 3. The van der Waals surface area contributed by atoms with Crippen LogP contribution in [-0.2, 0) is 4.79 Å². The second-order valence-electron chi connectivity index (χ2n) is 6.13. The lowest BCUT2D eigenvalue weighted by atomic mass is 10.0. The summed E-state index contributed by atoms with van der Waals surface area (Å²) >= 11 is 3.12. The average molecular weight is 438 g/mol. The SMILES string of the molecule is O=C(c1ccc(Br)o1)N1CCC(N2CC(=O)N(CC(F)(F)F)C2=O)CC1. The fourth-order valence-electron chi connectivity index (χ4n) is 3.15. The summed E-state index contributed by atoms with van der Waals surface area (Å²) in [5.41, 5.74) is 0. The van der Waals surface area contributed by atoms with E-state index in [2.05, 4.69) is 15.9 Å². The molecular formula is C15H15BrF3N3O4. The number of carbonyl (C=O) groups excluding carboxylic acids is 3. The van der Waals surface area contributed by atoms with Gasteiger partial charge in [0.25, 0.3) is 11.8 Å². The lowest BCUT2D eigenvalue weighted by Gasteiger charge is -2.35. The molecule has 0 N–H and O–H groups in total. The number of imide groups is 1. The number of nitrogens with zero attached hydrogens (tertiary/aromatic N) is 3. The zero-order valence-corrected chi connectivity index (χ0v) is 15.0. The van der Waals surface area contributed by atoms with Gasteiger partial charge in [0, 0.05) is 19.1 Å². The lowest BCUT2D eigenvalue weighted by molar-refractivity contribution is -0.151. The number of amides is 4. The molecule has 142 valence electrons. The number of halogens is 4. The normalized spacial score (nSPS) is 19.6. The molecule has 0 radical (unpaired) electrons. The molecule has 4 amide bonds. The van der Waals surface area contributed by atoms with Crippen LogP contribution in [0.1, 0.15) is 23.4 Å². The number of rotatable bonds is 3. The molecule has 0 aliphatic carbocycles. The fraction of sp³-hybridized carbons (Fsp3) is 0.533. The van der Waals surface area contributed by atoms with Crippen molar-refractivity contribution in [3.05, 3.63) is 22.6 Å². The highest BCUT2D eigenvalue weighted by Crippen LogP contribution is 2.26. The summed E-state index contributed by atoms with van der Waals surface area (Å²) in [6.45, 7) is -1.30. The minimum atomic E-state index is -4.63. The fourth-order valence-corrected chi connectivity index (χ4v) is 3.45. The molecule has 2 aliphatic heterocycles. The molecule has 0 bridgehead atoms. The van der Waals surface area contributed by atoms with Crippen molar-refractivity contribution in [2.24, 2.45) is 0 Å². The Bertz CT molecular complexity index is 728. The Balaban J connectivity index is 1.59. The first kappa shape index (κ1) is 18.7. The van der Waals surface area contributed by atoms with Crippen LogP contribution in [0.2, 0.25) is 0 Å². The van der Waals surface area contributed by atoms with Gasteiger partial charge in [-0.2, -0.15) is 13.2 Å². The first-order chi connectivity index (χ1) is 12.2. The van der Waals surface area contributed by atoms with Crippen LogP contribution in [-0.4, -0.2) is 70.9 Å². The summed E-state index contributed by atoms with van der Waals surface area (Å²) in [6, 6.07) is 1.84. The smallest absolute Gasteiger partial charge is 0.406 e. The summed E-state index contributed by atoms with van der Waals surface area (Å²) in [5, 5.41) is 0. The summed E-state index contributed by atoms with van der Waals surface area (Å²) < 4.78 is 43.2. The zero-order valence-electron chi connectivity index (χ0n) is 13.5. The summed E-state index contributed by atoms with van der Waals surface area (Å²) in [4.78, 5) is 39.2. The van der Waals surface area contributed by atoms with Gasteiger partial charge in [-0.05, 0) is 40.9 Å². The molecule has 0 saturated carbocycles. The largest absolute Gasteiger partial charge is 0.444 e. The molecule has 0 aromatic carbocycles. The summed E-state index contributed by atoms with van der Waals surface area (Å²) in [7, 11) is 0. The van der Waals surface area contributed by atoms with Crippen LogP contribution < -0.4 is 0 Å². The van der Waals surface area contributed by atoms with E-state index in [4.69, 9.17) is 4.42 Å². The Morgan fingerprint density at radius 2 is 1.88 bits per heavy atom. The number of likely N-dealkylation sites (tertiary alicyclic amines) is 1. The molecule has 2 fully saturated rings. The Morgan fingerprint density at radius 1 is 1.23 bits per heavy atom. The zero-order chi connectivity index (χ0) is 19.1. The topological polar surface area (TPSA) is 74.1 Å². The van der Waals surface area contributed by atoms with E-state index >= 15 is 0 Å². The van der Waals surface area contributed by atoms with Gasteiger partial charge in [0.05, 0.1) is 0 Å². The second kappa shape index (κ2) is 6.93. The molecule has 1 aromatic heterocycles. The highest BCUT2D eigenvalue weighted by Gasteiger charge is 2.45. The van der Waals surface area contributed by atoms with Gasteiger partial charge in [-0.15, -0.1) is 0 Å². The maximum Gasteiger partial charge on any atom is 0.406 e. The van der Waals surface area contributed by atoms with Crippen molar-refractivity contribution in [2.45, 2.75) is 25.1 Å². The van der Waals surface area contributed by atoms with Crippen LogP contribution in [0.3, 0.4) is 0 Å². The summed E-state index contributed by atoms with van der Waals surface area (Å²) in [5.74, 6) is -0.970. The summed E-state index contributed by atoms with van der Waals surface area (Å²) in [6.07, 6.45) is -3.87. The van der Waals surface area contributed by atoms with Crippen LogP contribution in [0.4, 0.5) is 18.0 Å². The van der Waals surface area contributed by atoms with Crippen molar-refractivity contribution in [3.8, 4) is 0 Å². The van der Waals surface area contributed by atoms with Gasteiger partial charge in [0.1, 0.15) is 13.1 Å². The van der Waals surface area contributed by atoms with Crippen LogP contribution >= 0.6 is 15.9 Å². The maximum absolute atomic E-state index is 12.5. The van der Waals surface area contributed by atoms with Crippen LogP contribution in [0.15, 0.2) is 21.2 Å². The minimum Gasteiger partial charge on any atom is -0.444 e. The van der Waals surface area contributed by atoms with Crippen molar-refractivity contribution in [1.29, 1.82) is 0 Å². The van der Waals surface area contributed by atoms with Crippen LogP contribution in [0.25, 0.3) is 0 Å². The molecule has 3 heterocycles. The van der Waals surface area contributed by atoms with Crippen LogP contribution in [0, 0.1) is 0 Å². The Kier molecular flexibility index (Phi) is 5.00. The van der Waals surface area contributed by atoms with Crippen LogP contribution in [0.5, 0.6) is 0 Å². The number of urea groups is 1. The maximum atomic E-state index is 12.5. The molecule has 0 unspecified atom stereocenters. The molecule has 26 heavy (non-hydrogen) atoms.